The zero-order chi connectivity index (χ0) is 15.8. The molecule has 1 unspecified atom stereocenters. The van der Waals surface area contributed by atoms with E-state index in [0.717, 1.165) is 17.7 Å². The first-order chi connectivity index (χ1) is 10.1. The van der Waals surface area contributed by atoms with Crippen molar-refractivity contribution in [3.05, 3.63) is 22.7 Å². The lowest BCUT2D eigenvalue weighted by atomic mass is 9.88. The van der Waals surface area contributed by atoms with E-state index < -0.39 is 0 Å². The van der Waals surface area contributed by atoms with Crippen LogP contribution in [0.25, 0.3) is 0 Å². The Bertz CT molecular complexity index is 437. The summed E-state index contributed by atoms with van der Waals surface area (Å²) < 4.78 is 11.2. The van der Waals surface area contributed by atoms with Crippen molar-refractivity contribution in [2.24, 2.45) is 23.3 Å². The smallest absolute Gasteiger partial charge is 0.141 e. The van der Waals surface area contributed by atoms with Crippen molar-refractivity contribution >= 4 is 11.6 Å². The van der Waals surface area contributed by atoms with Gasteiger partial charge in [0.25, 0.3) is 0 Å². The van der Waals surface area contributed by atoms with Gasteiger partial charge in [-0.25, -0.2) is 0 Å². The Balaban J connectivity index is 3.01. The zero-order valence-corrected chi connectivity index (χ0v) is 14.0. The number of halogens is 1. The molecule has 0 aliphatic carbocycles. The van der Waals surface area contributed by atoms with Crippen molar-refractivity contribution in [3.63, 3.8) is 0 Å². The van der Waals surface area contributed by atoms with E-state index in [4.69, 9.17) is 32.5 Å². The quantitative estimate of drug-likeness (QED) is 0.735. The molecule has 0 fully saturated rings. The maximum atomic E-state index is 6.28. The number of nitrogens with two attached hydrogens (primary N) is 2. The van der Waals surface area contributed by atoms with Crippen molar-refractivity contribution < 1.29 is 9.47 Å². The summed E-state index contributed by atoms with van der Waals surface area (Å²) in [6.45, 7) is 8.41. The Labute approximate surface area is 132 Å². The van der Waals surface area contributed by atoms with Crippen molar-refractivity contribution in [1.29, 1.82) is 0 Å². The van der Waals surface area contributed by atoms with E-state index in [1.807, 2.05) is 26.0 Å². The highest BCUT2D eigenvalue weighted by molar-refractivity contribution is 6.32. The van der Waals surface area contributed by atoms with E-state index in [9.17, 15) is 0 Å². The molecule has 4 nitrogen and oxygen atoms in total. The molecule has 0 aromatic heterocycles. The summed E-state index contributed by atoms with van der Waals surface area (Å²) in [5.41, 5.74) is 12.6. The number of hydrogen-bond acceptors (Lipinski definition) is 4. The highest BCUT2D eigenvalue weighted by Crippen LogP contribution is 2.35. The van der Waals surface area contributed by atoms with E-state index in [2.05, 4.69) is 6.92 Å². The van der Waals surface area contributed by atoms with Gasteiger partial charge in [-0.15, -0.1) is 0 Å². The van der Waals surface area contributed by atoms with Gasteiger partial charge in [0.1, 0.15) is 11.5 Å². The third-order valence-electron chi connectivity index (χ3n) is 3.67. The van der Waals surface area contributed by atoms with Crippen LogP contribution in [-0.2, 0) is 6.42 Å². The maximum Gasteiger partial charge on any atom is 0.141 e. The van der Waals surface area contributed by atoms with Crippen LogP contribution in [0.4, 0.5) is 0 Å². The fourth-order valence-electron chi connectivity index (χ4n) is 2.37. The van der Waals surface area contributed by atoms with E-state index in [0.29, 0.717) is 48.9 Å². The lowest BCUT2D eigenvalue weighted by Crippen LogP contribution is -2.30. The summed E-state index contributed by atoms with van der Waals surface area (Å²) in [5, 5.41) is 0.611. The molecule has 120 valence electrons. The van der Waals surface area contributed by atoms with Gasteiger partial charge < -0.3 is 20.9 Å². The van der Waals surface area contributed by atoms with E-state index >= 15 is 0 Å². The second-order valence-electron chi connectivity index (χ2n) is 5.17. The summed E-state index contributed by atoms with van der Waals surface area (Å²) in [6.07, 6.45) is 0.834. The minimum atomic E-state index is 0.296. The molecule has 1 aromatic rings. The highest BCUT2D eigenvalue weighted by atomic mass is 35.5. The number of benzene rings is 1. The lowest BCUT2D eigenvalue weighted by Gasteiger charge is -2.22. The van der Waals surface area contributed by atoms with Crippen molar-refractivity contribution in [2.45, 2.75) is 27.2 Å². The summed E-state index contributed by atoms with van der Waals surface area (Å²) in [4.78, 5) is 0. The third kappa shape index (κ3) is 5.06. The average Bonchev–Trinajstić information content (AvgIpc) is 2.45. The molecule has 0 bridgehead atoms. The van der Waals surface area contributed by atoms with Gasteiger partial charge in [0.05, 0.1) is 18.2 Å². The summed E-state index contributed by atoms with van der Waals surface area (Å²) in [5.74, 6) is 2.15. The second-order valence-corrected chi connectivity index (χ2v) is 5.58. The molecule has 0 aliphatic heterocycles. The molecule has 1 atom stereocenters. The van der Waals surface area contributed by atoms with Crippen LogP contribution in [0.5, 0.6) is 11.5 Å². The van der Waals surface area contributed by atoms with Crippen molar-refractivity contribution in [1.82, 2.24) is 0 Å². The minimum Gasteiger partial charge on any atom is -0.493 e. The first-order valence-electron chi connectivity index (χ1n) is 7.55. The average molecular weight is 315 g/mol. The molecule has 0 amide bonds. The van der Waals surface area contributed by atoms with Gasteiger partial charge >= 0.3 is 0 Å². The van der Waals surface area contributed by atoms with Crippen molar-refractivity contribution in [3.8, 4) is 11.5 Å². The molecule has 0 aliphatic rings. The first-order valence-corrected chi connectivity index (χ1v) is 7.93. The van der Waals surface area contributed by atoms with E-state index in [1.165, 1.54) is 0 Å². The Morgan fingerprint density at radius 2 is 1.62 bits per heavy atom. The summed E-state index contributed by atoms with van der Waals surface area (Å²) in [7, 11) is 0. The molecular weight excluding hydrogens is 288 g/mol. The zero-order valence-electron chi connectivity index (χ0n) is 13.2. The fraction of sp³-hybridized carbons (Fsp3) is 0.625. The van der Waals surface area contributed by atoms with Crippen LogP contribution in [0, 0.1) is 11.8 Å². The van der Waals surface area contributed by atoms with Gasteiger partial charge in [-0.2, -0.15) is 0 Å². The van der Waals surface area contributed by atoms with Crippen molar-refractivity contribution in [2.75, 3.05) is 26.3 Å². The van der Waals surface area contributed by atoms with Crippen LogP contribution in [0.15, 0.2) is 12.1 Å². The van der Waals surface area contributed by atoms with Gasteiger partial charge in [0.2, 0.25) is 0 Å². The first kappa shape index (κ1) is 18.1. The molecule has 1 aromatic carbocycles. The van der Waals surface area contributed by atoms with E-state index in [1.54, 1.807) is 0 Å². The van der Waals surface area contributed by atoms with Gasteiger partial charge in [-0.05, 0) is 56.8 Å². The minimum absolute atomic E-state index is 0.296. The van der Waals surface area contributed by atoms with Crippen LogP contribution in [0.1, 0.15) is 26.3 Å². The van der Waals surface area contributed by atoms with Gasteiger partial charge in [0, 0.05) is 6.07 Å². The van der Waals surface area contributed by atoms with Gasteiger partial charge in [-0.1, -0.05) is 18.5 Å². The third-order valence-corrected chi connectivity index (χ3v) is 3.96. The molecule has 5 heteroatoms. The number of rotatable bonds is 9. The lowest BCUT2D eigenvalue weighted by molar-refractivity contribution is 0.315. The highest BCUT2D eigenvalue weighted by Gasteiger charge is 2.18. The van der Waals surface area contributed by atoms with Crippen LogP contribution in [0.2, 0.25) is 5.02 Å². The maximum absolute atomic E-state index is 6.28. The topological polar surface area (TPSA) is 70.5 Å². The largest absolute Gasteiger partial charge is 0.493 e. The van der Waals surface area contributed by atoms with Crippen LogP contribution in [0.3, 0.4) is 0 Å². The van der Waals surface area contributed by atoms with Crippen LogP contribution < -0.4 is 20.9 Å². The number of hydrogen-bond donors (Lipinski definition) is 2. The Hall–Kier alpha value is -0.970. The van der Waals surface area contributed by atoms with Crippen LogP contribution in [-0.4, -0.2) is 26.3 Å². The summed E-state index contributed by atoms with van der Waals surface area (Å²) in [6, 6.07) is 3.80. The molecule has 0 heterocycles. The molecule has 0 saturated carbocycles. The van der Waals surface area contributed by atoms with Crippen LogP contribution >= 0.6 is 11.6 Å². The molecule has 1 rings (SSSR count). The number of ether oxygens (including phenoxy) is 2. The van der Waals surface area contributed by atoms with E-state index in [-0.39, 0.29) is 0 Å². The Kier molecular flexibility index (Phi) is 7.86. The van der Waals surface area contributed by atoms with Gasteiger partial charge in [0.15, 0.2) is 0 Å². The molecular formula is C16H27ClN2O2. The monoisotopic (exact) mass is 314 g/mol. The summed E-state index contributed by atoms with van der Waals surface area (Å²) >= 11 is 6.28. The fourth-order valence-corrected chi connectivity index (χ4v) is 2.61. The normalized spacial score (nSPS) is 12.5. The Morgan fingerprint density at radius 3 is 2.14 bits per heavy atom. The second kappa shape index (κ2) is 9.13. The predicted molar refractivity (Wildman–Crippen MR) is 88.3 cm³/mol. The SMILES string of the molecule is CCOc1cc(OCC)c(CC(C)C(CN)CN)cc1Cl. The molecule has 4 N–H and O–H groups in total. The predicted octanol–water partition coefficient (Wildman–Crippen LogP) is 2.85. The molecule has 0 saturated heterocycles. The standard InChI is InChI=1S/C16H27ClN2O2/c1-4-20-15-8-16(21-5-2)14(17)7-12(15)6-11(3)13(9-18)10-19/h7-8,11,13H,4-6,9-10,18-19H2,1-3H3. The molecule has 0 radical (unpaired) electrons. The molecule has 0 spiro atoms. The Morgan fingerprint density at radius 1 is 1.05 bits per heavy atom. The molecule has 21 heavy (non-hydrogen) atoms. The van der Waals surface area contributed by atoms with Gasteiger partial charge in [-0.3, -0.25) is 0 Å².